The molecule has 8 heteroatoms. The van der Waals surface area contributed by atoms with Crippen molar-refractivity contribution in [3.63, 3.8) is 0 Å². The summed E-state index contributed by atoms with van der Waals surface area (Å²) in [6, 6.07) is 20.4. The van der Waals surface area contributed by atoms with E-state index in [2.05, 4.69) is 26.5 Å². The summed E-state index contributed by atoms with van der Waals surface area (Å²) in [6.45, 7) is 1.63. The van der Waals surface area contributed by atoms with Crippen LogP contribution in [0.2, 0.25) is 5.02 Å². The van der Waals surface area contributed by atoms with Crippen molar-refractivity contribution in [3.8, 4) is 11.5 Å². The van der Waals surface area contributed by atoms with Crippen LogP contribution < -0.4 is 14.9 Å². The number of ether oxygens (including phenoxy) is 2. The summed E-state index contributed by atoms with van der Waals surface area (Å²) in [5.41, 5.74) is 3.51. The highest BCUT2D eigenvalue weighted by Crippen LogP contribution is 2.18. The Labute approximate surface area is 193 Å². The maximum absolute atomic E-state index is 12.1. The zero-order valence-corrected chi connectivity index (χ0v) is 18.8. The molecule has 0 saturated heterocycles. The number of rotatable bonds is 7. The van der Waals surface area contributed by atoms with Crippen LogP contribution in [-0.2, 0) is 4.79 Å². The monoisotopic (exact) mass is 500 g/mol. The Morgan fingerprint density at radius 2 is 1.71 bits per heavy atom. The van der Waals surface area contributed by atoms with Gasteiger partial charge in [0.1, 0.15) is 11.5 Å². The first-order chi connectivity index (χ1) is 14.9. The van der Waals surface area contributed by atoms with Gasteiger partial charge in [-0.15, -0.1) is 0 Å². The number of carbonyl (C=O) groups is 2. The third-order valence-electron chi connectivity index (χ3n) is 4.04. The summed E-state index contributed by atoms with van der Waals surface area (Å²) < 4.78 is 11.8. The molecule has 0 bridgehead atoms. The van der Waals surface area contributed by atoms with Crippen LogP contribution in [-0.4, -0.2) is 24.2 Å². The zero-order valence-electron chi connectivity index (χ0n) is 16.4. The number of nitrogens with zero attached hydrogens (tertiary/aromatic N) is 1. The van der Waals surface area contributed by atoms with Gasteiger partial charge in [0.2, 0.25) is 0 Å². The molecule has 3 rings (SSSR count). The molecule has 1 N–H and O–H groups in total. The van der Waals surface area contributed by atoms with Crippen molar-refractivity contribution < 1.29 is 19.1 Å². The summed E-state index contributed by atoms with van der Waals surface area (Å²) in [5.74, 6) is 0.0719. The molecule has 0 fully saturated rings. The van der Waals surface area contributed by atoms with Crippen molar-refractivity contribution in [1.82, 2.24) is 5.43 Å². The Kier molecular flexibility index (Phi) is 7.81. The van der Waals surface area contributed by atoms with Gasteiger partial charge in [0.25, 0.3) is 5.91 Å². The van der Waals surface area contributed by atoms with E-state index in [0.717, 1.165) is 4.47 Å². The van der Waals surface area contributed by atoms with Gasteiger partial charge in [-0.1, -0.05) is 33.6 Å². The number of amides is 1. The van der Waals surface area contributed by atoms with Crippen molar-refractivity contribution in [2.75, 3.05) is 0 Å². The van der Waals surface area contributed by atoms with Crippen molar-refractivity contribution in [2.24, 2.45) is 5.10 Å². The van der Waals surface area contributed by atoms with Crippen LogP contribution in [0.3, 0.4) is 0 Å². The normalized spacial score (nSPS) is 11.7. The molecule has 6 nitrogen and oxygen atoms in total. The van der Waals surface area contributed by atoms with Crippen LogP contribution in [0.5, 0.6) is 11.5 Å². The van der Waals surface area contributed by atoms with E-state index < -0.39 is 12.1 Å². The molecule has 1 unspecified atom stereocenters. The Hall–Kier alpha value is -3.16. The molecule has 0 aromatic heterocycles. The molecule has 0 aliphatic heterocycles. The van der Waals surface area contributed by atoms with E-state index in [1.807, 2.05) is 12.1 Å². The minimum absolute atomic E-state index is 0.361. The number of carbonyl (C=O) groups excluding carboxylic acids is 2. The lowest BCUT2D eigenvalue weighted by molar-refractivity contribution is -0.127. The first-order valence-electron chi connectivity index (χ1n) is 9.23. The van der Waals surface area contributed by atoms with E-state index in [1.54, 1.807) is 61.5 Å². The SMILES string of the molecule is CC(Oc1ccc(Br)cc1)C(=O)N/N=C/c1ccc(OC(=O)c2cccc(Cl)c2)cc1. The summed E-state index contributed by atoms with van der Waals surface area (Å²) in [5, 5.41) is 4.39. The summed E-state index contributed by atoms with van der Waals surface area (Å²) in [6.07, 6.45) is 0.763. The van der Waals surface area contributed by atoms with E-state index in [9.17, 15) is 9.59 Å². The lowest BCUT2D eigenvalue weighted by Gasteiger charge is -2.12. The van der Waals surface area contributed by atoms with Crippen molar-refractivity contribution >= 4 is 45.6 Å². The minimum Gasteiger partial charge on any atom is -0.481 e. The predicted octanol–water partition coefficient (Wildman–Crippen LogP) is 5.24. The number of halogens is 2. The standard InChI is InChI=1S/C23H18BrClN2O4/c1-15(30-20-11-7-18(24)8-12-20)22(28)27-26-14-16-5-9-21(10-6-16)31-23(29)17-3-2-4-19(25)13-17/h2-15H,1H3,(H,27,28)/b26-14+. The first kappa shape index (κ1) is 22.5. The Balaban J connectivity index is 1.50. The Bertz CT molecular complexity index is 1090. The Morgan fingerprint density at radius 1 is 1.03 bits per heavy atom. The van der Waals surface area contributed by atoms with Crippen LogP contribution in [0, 0.1) is 0 Å². The molecular weight excluding hydrogens is 484 g/mol. The van der Waals surface area contributed by atoms with E-state index in [0.29, 0.717) is 27.6 Å². The maximum atomic E-state index is 12.1. The maximum Gasteiger partial charge on any atom is 0.343 e. The van der Waals surface area contributed by atoms with Crippen LogP contribution >= 0.6 is 27.5 Å². The predicted molar refractivity (Wildman–Crippen MR) is 123 cm³/mol. The minimum atomic E-state index is -0.716. The van der Waals surface area contributed by atoms with Gasteiger partial charge in [-0.25, -0.2) is 10.2 Å². The van der Waals surface area contributed by atoms with E-state index >= 15 is 0 Å². The van der Waals surface area contributed by atoms with Gasteiger partial charge in [0.15, 0.2) is 6.10 Å². The molecule has 0 aliphatic rings. The smallest absolute Gasteiger partial charge is 0.343 e. The highest BCUT2D eigenvalue weighted by Gasteiger charge is 2.14. The third-order valence-corrected chi connectivity index (χ3v) is 4.80. The summed E-state index contributed by atoms with van der Waals surface area (Å²) in [4.78, 5) is 24.3. The lowest BCUT2D eigenvalue weighted by Crippen LogP contribution is -2.33. The third kappa shape index (κ3) is 6.94. The van der Waals surface area contributed by atoms with Crippen LogP contribution in [0.1, 0.15) is 22.8 Å². The molecule has 0 aliphatic carbocycles. The molecule has 158 valence electrons. The second-order valence-electron chi connectivity index (χ2n) is 6.42. The summed E-state index contributed by atoms with van der Waals surface area (Å²) >= 11 is 9.23. The van der Waals surface area contributed by atoms with Gasteiger partial charge in [-0.05, 0) is 79.2 Å². The van der Waals surface area contributed by atoms with E-state index in [4.69, 9.17) is 21.1 Å². The van der Waals surface area contributed by atoms with Gasteiger partial charge >= 0.3 is 5.97 Å². The van der Waals surface area contributed by atoms with Gasteiger partial charge in [-0.3, -0.25) is 4.79 Å². The number of esters is 1. The molecule has 0 spiro atoms. The molecule has 1 atom stereocenters. The fourth-order valence-corrected chi connectivity index (χ4v) is 2.89. The highest BCUT2D eigenvalue weighted by molar-refractivity contribution is 9.10. The van der Waals surface area contributed by atoms with Gasteiger partial charge in [0, 0.05) is 9.50 Å². The number of hydrazone groups is 1. The van der Waals surface area contributed by atoms with E-state index in [1.165, 1.54) is 12.3 Å². The number of hydrogen-bond acceptors (Lipinski definition) is 5. The second-order valence-corrected chi connectivity index (χ2v) is 7.77. The Morgan fingerprint density at radius 3 is 2.39 bits per heavy atom. The topological polar surface area (TPSA) is 77.0 Å². The summed E-state index contributed by atoms with van der Waals surface area (Å²) in [7, 11) is 0. The highest BCUT2D eigenvalue weighted by atomic mass is 79.9. The van der Waals surface area contributed by atoms with Crippen LogP contribution in [0.15, 0.2) is 82.4 Å². The largest absolute Gasteiger partial charge is 0.481 e. The van der Waals surface area contributed by atoms with Crippen molar-refractivity contribution in [2.45, 2.75) is 13.0 Å². The first-order valence-corrected chi connectivity index (χ1v) is 10.4. The molecule has 1 amide bonds. The fourth-order valence-electron chi connectivity index (χ4n) is 2.44. The zero-order chi connectivity index (χ0) is 22.2. The van der Waals surface area contributed by atoms with Gasteiger partial charge in [-0.2, -0.15) is 5.10 Å². The lowest BCUT2D eigenvalue weighted by atomic mass is 10.2. The number of nitrogens with one attached hydrogen (secondary N) is 1. The quantitative estimate of drug-likeness (QED) is 0.208. The molecule has 0 heterocycles. The average molecular weight is 502 g/mol. The molecule has 0 radical (unpaired) electrons. The van der Waals surface area contributed by atoms with Gasteiger partial charge < -0.3 is 9.47 Å². The molecular formula is C23H18BrClN2O4. The molecule has 3 aromatic carbocycles. The number of hydrogen-bond donors (Lipinski definition) is 1. The molecule has 0 saturated carbocycles. The molecule has 3 aromatic rings. The van der Waals surface area contributed by atoms with E-state index in [-0.39, 0.29) is 5.91 Å². The van der Waals surface area contributed by atoms with Gasteiger partial charge in [0.05, 0.1) is 11.8 Å². The second kappa shape index (κ2) is 10.7. The fraction of sp³-hybridized carbons (Fsp3) is 0.0870. The van der Waals surface area contributed by atoms with Crippen molar-refractivity contribution in [1.29, 1.82) is 0 Å². The number of benzene rings is 3. The van der Waals surface area contributed by atoms with Crippen LogP contribution in [0.25, 0.3) is 0 Å². The molecule has 31 heavy (non-hydrogen) atoms. The van der Waals surface area contributed by atoms with Crippen molar-refractivity contribution in [3.05, 3.63) is 93.4 Å². The average Bonchev–Trinajstić information content (AvgIpc) is 2.76. The van der Waals surface area contributed by atoms with Crippen LogP contribution in [0.4, 0.5) is 0 Å².